The highest BCUT2D eigenvalue weighted by Crippen LogP contribution is 2.19. The number of hydrogen-bond acceptors (Lipinski definition) is 3. The lowest BCUT2D eigenvalue weighted by molar-refractivity contribution is -0.116. The Balaban J connectivity index is 0. The van der Waals surface area contributed by atoms with Crippen LogP contribution in [0.5, 0.6) is 0 Å². The van der Waals surface area contributed by atoms with Crippen LogP contribution in [0.1, 0.15) is 24.5 Å². The van der Waals surface area contributed by atoms with Crippen molar-refractivity contribution in [2.24, 2.45) is 5.73 Å². The van der Waals surface area contributed by atoms with Gasteiger partial charge in [0.25, 0.3) is 0 Å². The molecule has 1 unspecified atom stereocenters. The molecule has 0 fully saturated rings. The summed E-state index contributed by atoms with van der Waals surface area (Å²) in [4.78, 5) is 13.8. The van der Waals surface area contributed by atoms with Gasteiger partial charge >= 0.3 is 0 Å². The summed E-state index contributed by atoms with van der Waals surface area (Å²) in [6.07, 6.45) is 0.343. The molecule has 1 rings (SSSR count). The van der Waals surface area contributed by atoms with E-state index in [1.54, 1.807) is 0 Å². The maximum atomic E-state index is 11.7. The number of nitrogens with zero attached hydrogens (tertiary/aromatic N) is 1. The molecule has 0 aliphatic heterocycles. The van der Waals surface area contributed by atoms with Crippen LogP contribution in [0, 0.1) is 6.92 Å². The van der Waals surface area contributed by atoms with Gasteiger partial charge in [0.15, 0.2) is 0 Å². The Kier molecular flexibility index (Phi) is 10.7. The standard InChI is InChI=1S/C14H23N3O.2ClH/c1-10-5-6-13(12(7-10)9-17(3)4)16-14(18)8-11(2)15;;/h5-7,11H,8-9,15H2,1-4H3,(H,16,18);2*1H. The van der Waals surface area contributed by atoms with Crippen molar-refractivity contribution in [2.45, 2.75) is 32.9 Å². The molecule has 6 heteroatoms. The summed E-state index contributed by atoms with van der Waals surface area (Å²) in [7, 11) is 4.02. The number of carbonyl (C=O) groups is 1. The van der Waals surface area contributed by atoms with Crippen LogP contribution in [0.2, 0.25) is 0 Å². The number of carbonyl (C=O) groups excluding carboxylic acids is 1. The smallest absolute Gasteiger partial charge is 0.225 e. The summed E-state index contributed by atoms with van der Waals surface area (Å²) in [5.74, 6) is -0.0335. The monoisotopic (exact) mass is 321 g/mol. The predicted molar refractivity (Wildman–Crippen MR) is 90.0 cm³/mol. The van der Waals surface area contributed by atoms with Crippen molar-refractivity contribution in [2.75, 3.05) is 19.4 Å². The number of aryl methyl sites for hydroxylation is 1. The van der Waals surface area contributed by atoms with Crippen molar-refractivity contribution < 1.29 is 4.79 Å². The Morgan fingerprint density at radius 2 is 1.95 bits per heavy atom. The maximum absolute atomic E-state index is 11.7. The fourth-order valence-corrected chi connectivity index (χ4v) is 1.81. The Morgan fingerprint density at radius 3 is 2.45 bits per heavy atom. The van der Waals surface area contributed by atoms with Crippen LogP contribution < -0.4 is 11.1 Å². The molecule has 0 spiro atoms. The molecule has 1 amide bonds. The van der Waals surface area contributed by atoms with E-state index in [9.17, 15) is 4.79 Å². The number of amides is 1. The van der Waals surface area contributed by atoms with Crippen molar-refractivity contribution in [3.05, 3.63) is 29.3 Å². The lowest BCUT2D eigenvalue weighted by Crippen LogP contribution is -2.24. The van der Waals surface area contributed by atoms with Crippen molar-refractivity contribution >= 4 is 36.4 Å². The molecule has 0 aliphatic rings. The quantitative estimate of drug-likeness (QED) is 0.876. The molecule has 0 bridgehead atoms. The minimum absolute atomic E-state index is 0. The second-order valence-corrected chi connectivity index (χ2v) is 5.13. The van der Waals surface area contributed by atoms with Crippen LogP contribution in [0.15, 0.2) is 18.2 Å². The number of nitrogens with two attached hydrogens (primary N) is 1. The number of hydrogen-bond donors (Lipinski definition) is 2. The minimum Gasteiger partial charge on any atom is -0.327 e. The van der Waals surface area contributed by atoms with Crippen molar-refractivity contribution in [1.29, 1.82) is 0 Å². The van der Waals surface area contributed by atoms with Gasteiger partial charge in [-0.3, -0.25) is 4.79 Å². The van der Waals surface area contributed by atoms with Gasteiger partial charge in [0.1, 0.15) is 0 Å². The zero-order valence-corrected chi connectivity index (χ0v) is 14.1. The topological polar surface area (TPSA) is 58.4 Å². The summed E-state index contributed by atoms with van der Waals surface area (Å²) in [6, 6.07) is 5.93. The van der Waals surface area contributed by atoms with E-state index in [1.807, 2.05) is 40.1 Å². The molecule has 1 atom stereocenters. The number of nitrogens with one attached hydrogen (secondary N) is 1. The Morgan fingerprint density at radius 1 is 1.35 bits per heavy atom. The molecule has 0 radical (unpaired) electrons. The first-order chi connectivity index (χ1) is 8.38. The van der Waals surface area contributed by atoms with Gasteiger partial charge in [-0.2, -0.15) is 0 Å². The van der Waals surface area contributed by atoms with Crippen LogP contribution in [0.4, 0.5) is 5.69 Å². The van der Waals surface area contributed by atoms with Crippen molar-refractivity contribution in [3.63, 3.8) is 0 Å². The van der Waals surface area contributed by atoms with Crippen LogP contribution in [0.25, 0.3) is 0 Å². The normalized spacial score (nSPS) is 11.3. The zero-order chi connectivity index (χ0) is 13.7. The first-order valence-electron chi connectivity index (χ1n) is 6.18. The summed E-state index contributed by atoms with van der Waals surface area (Å²) < 4.78 is 0. The first-order valence-corrected chi connectivity index (χ1v) is 6.18. The maximum Gasteiger partial charge on any atom is 0.225 e. The van der Waals surface area contributed by atoms with Gasteiger partial charge in [0.2, 0.25) is 5.91 Å². The number of anilines is 1. The average Bonchev–Trinajstić information content (AvgIpc) is 2.20. The molecule has 0 aromatic heterocycles. The Hall–Kier alpha value is -0.810. The minimum atomic E-state index is -0.118. The molecule has 0 saturated carbocycles. The summed E-state index contributed by atoms with van der Waals surface area (Å²) >= 11 is 0. The summed E-state index contributed by atoms with van der Waals surface area (Å²) in [6.45, 7) is 4.68. The van der Waals surface area contributed by atoms with E-state index < -0.39 is 0 Å². The van der Waals surface area contributed by atoms with Gasteiger partial charge < -0.3 is 16.0 Å². The van der Waals surface area contributed by atoms with Crippen LogP contribution >= 0.6 is 24.8 Å². The molecule has 116 valence electrons. The van der Waals surface area contributed by atoms with E-state index in [-0.39, 0.29) is 36.8 Å². The van der Waals surface area contributed by atoms with Crippen molar-refractivity contribution in [1.82, 2.24) is 4.90 Å². The molecule has 0 heterocycles. The van der Waals surface area contributed by atoms with Gasteiger partial charge in [-0.1, -0.05) is 17.7 Å². The van der Waals surface area contributed by atoms with E-state index in [0.29, 0.717) is 6.42 Å². The molecule has 1 aromatic carbocycles. The van der Waals surface area contributed by atoms with Crippen LogP contribution in [-0.4, -0.2) is 30.9 Å². The van der Waals surface area contributed by atoms with E-state index >= 15 is 0 Å². The van der Waals surface area contributed by atoms with E-state index in [1.165, 1.54) is 5.56 Å². The van der Waals surface area contributed by atoms with Gasteiger partial charge in [-0.25, -0.2) is 0 Å². The van der Waals surface area contributed by atoms with E-state index in [0.717, 1.165) is 17.8 Å². The molecular formula is C14H25Cl2N3O. The number of rotatable bonds is 5. The Bertz CT molecular complexity index is 423. The highest BCUT2D eigenvalue weighted by Gasteiger charge is 2.09. The fourth-order valence-electron chi connectivity index (χ4n) is 1.81. The zero-order valence-electron chi connectivity index (χ0n) is 12.5. The van der Waals surface area contributed by atoms with Gasteiger partial charge in [0.05, 0.1) is 0 Å². The van der Waals surface area contributed by atoms with Gasteiger partial charge in [0, 0.05) is 24.7 Å². The second-order valence-electron chi connectivity index (χ2n) is 5.13. The largest absolute Gasteiger partial charge is 0.327 e. The Labute approximate surface area is 133 Å². The first kappa shape index (κ1) is 21.5. The number of benzene rings is 1. The highest BCUT2D eigenvalue weighted by atomic mass is 35.5. The molecule has 3 N–H and O–H groups in total. The van der Waals surface area contributed by atoms with Gasteiger partial charge in [-0.05, 0) is 39.6 Å². The van der Waals surface area contributed by atoms with Gasteiger partial charge in [-0.15, -0.1) is 24.8 Å². The summed E-state index contributed by atoms with van der Waals surface area (Å²) in [5, 5.41) is 2.93. The second kappa shape index (κ2) is 10.00. The third-order valence-corrected chi connectivity index (χ3v) is 2.53. The lowest BCUT2D eigenvalue weighted by atomic mass is 10.1. The molecule has 0 aliphatic carbocycles. The van der Waals surface area contributed by atoms with E-state index in [2.05, 4.69) is 16.3 Å². The third kappa shape index (κ3) is 7.70. The molecule has 1 aromatic rings. The van der Waals surface area contributed by atoms with E-state index in [4.69, 9.17) is 5.73 Å². The van der Waals surface area contributed by atoms with Crippen LogP contribution in [0.3, 0.4) is 0 Å². The third-order valence-electron chi connectivity index (χ3n) is 2.53. The molecule has 0 saturated heterocycles. The molecule has 20 heavy (non-hydrogen) atoms. The molecule has 4 nitrogen and oxygen atoms in total. The summed E-state index contributed by atoms with van der Waals surface area (Å²) in [5.41, 5.74) is 8.81. The molecular weight excluding hydrogens is 297 g/mol. The fraction of sp³-hybridized carbons (Fsp3) is 0.500. The lowest BCUT2D eigenvalue weighted by Gasteiger charge is -2.16. The predicted octanol–water partition coefficient (Wildman–Crippen LogP) is 2.58. The highest BCUT2D eigenvalue weighted by molar-refractivity contribution is 5.91. The average molecular weight is 322 g/mol. The SMILES string of the molecule is Cc1ccc(NC(=O)CC(C)N)c(CN(C)C)c1.Cl.Cl. The van der Waals surface area contributed by atoms with Crippen LogP contribution in [-0.2, 0) is 11.3 Å². The number of halogens is 2. The van der Waals surface area contributed by atoms with Crippen molar-refractivity contribution in [3.8, 4) is 0 Å².